The van der Waals surface area contributed by atoms with Gasteiger partial charge in [0, 0.05) is 11.6 Å². The van der Waals surface area contributed by atoms with E-state index in [9.17, 15) is 21.6 Å². The molecule has 0 saturated carbocycles. The summed E-state index contributed by atoms with van der Waals surface area (Å²) in [5.41, 5.74) is -0.525. The molecule has 3 aromatic rings. The maximum Gasteiger partial charge on any atom is 0.417 e. The summed E-state index contributed by atoms with van der Waals surface area (Å²) < 4.78 is 68.8. The van der Waals surface area contributed by atoms with Crippen LogP contribution in [0.1, 0.15) is 31.3 Å². The molecule has 0 spiro atoms. The Morgan fingerprint density at radius 2 is 1.79 bits per heavy atom. The Hall–Kier alpha value is -1.81. The zero-order chi connectivity index (χ0) is 21.6. The molecule has 2 aromatic carbocycles. The van der Waals surface area contributed by atoms with Gasteiger partial charge in [-0.2, -0.15) is 13.2 Å². The first-order valence-corrected chi connectivity index (χ1v) is 10.7. The highest BCUT2D eigenvalue weighted by Gasteiger charge is 2.34. The van der Waals surface area contributed by atoms with Crippen LogP contribution in [0.25, 0.3) is 11.0 Å². The largest absolute Gasteiger partial charge is 0.417 e. The summed E-state index contributed by atoms with van der Waals surface area (Å²) in [6.45, 7) is 3.70. The van der Waals surface area contributed by atoms with E-state index in [1.807, 2.05) is 0 Å². The van der Waals surface area contributed by atoms with Crippen LogP contribution in [0.2, 0.25) is 10.0 Å². The van der Waals surface area contributed by atoms with E-state index in [1.165, 1.54) is 30.3 Å². The van der Waals surface area contributed by atoms with E-state index in [4.69, 9.17) is 23.2 Å². The highest BCUT2D eigenvalue weighted by molar-refractivity contribution is 7.89. The van der Waals surface area contributed by atoms with Crippen molar-refractivity contribution < 1.29 is 21.6 Å². The van der Waals surface area contributed by atoms with Gasteiger partial charge >= 0.3 is 6.18 Å². The molecule has 0 aliphatic carbocycles. The van der Waals surface area contributed by atoms with Crippen LogP contribution >= 0.6 is 23.2 Å². The van der Waals surface area contributed by atoms with Crippen LogP contribution in [0.5, 0.6) is 0 Å². The lowest BCUT2D eigenvalue weighted by atomic mass is 10.2. The number of fused-ring (bicyclic) bond motifs is 1. The molecule has 0 aliphatic heterocycles. The van der Waals surface area contributed by atoms with E-state index < -0.39 is 32.8 Å². The van der Waals surface area contributed by atoms with Crippen molar-refractivity contribution in [3.05, 3.63) is 57.8 Å². The van der Waals surface area contributed by atoms with Gasteiger partial charge in [-0.3, -0.25) is 0 Å². The molecular weight excluding hydrogens is 450 g/mol. The molecule has 0 saturated heterocycles. The van der Waals surface area contributed by atoms with Crippen LogP contribution in [0.4, 0.5) is 13.2 Å². The van der Waals surface area contributed by atoms with Gasteiger partial charge in [-0.25, -0.2) is 18.1 Å². The number of aryl methyl sites for hydroxylation is 1. The second-order valence-corrected chi connectivity index (χ2v) is 8.89. The van der Waals surface area contributed by atoms with Gasteiger partial charge in [-0.15, -0.1) is 0 Å². The first-order chi connectivity index (χ1) is 13.4. The van der Waals surface area contributed by atoms with E-state index in [-0.39, 0.29) is 16.2 Å². The molecule has 3 rings (SSSR count). The fourth-order valence-electron chi connectivity index (χ4n) is 3.01. The van der Waals surface area contributed by atoms with Gasteiger partial charge in [-0.05, 0) is 50.2 Å². The number of halogens is 5. The van der Waals surface area contributed by atoms with Crippen molar-refractivity contribution in [2.75, 3.05) is 0 Å². The molecule has 29 heavy (non-hydrogen) atoms. The number of benzene rings is 2. The molecule has 0 amide bonds. The number of sulfonamides is 1. The molecule has 1 atom stereocenters. The average Bonchev–Trinajstić information content (AvgIpc) is 2.97. The van der Waals surface area contributed by atoms with E-state index in [0.717, 1.165) is 6.07 Å². The third kappa shape index (κ3) is 4.37. The SMILES string of the molecule is CCn1c([C@@H](C)NS(=O)(=O)c2ccc(Cl)cc2)nc2cc(C(F)(F)F)c(Cl)cc21. The van der Waals surface area contributed by atoms with Gasteiger partial charge in [0.25, 0.3) is 0 Å². The van der Waals surface area contributed by atoms with E-state index in [1.54, 1.807) is 18.4 Å². The number of rotatable bonds is 5. The zero-order valence-corrected chi connectivity index (χ0v) is 17.6. The fraction of sp³-hybridized carbons (Fsp3) is 0.278. The smallest absolute Gasteiger partial charge is 0.327 e. The molecule has 0 fully saturated rings. The molecule has 156 valence electrons. The number of alkyl halides is 3. The summed E-state index contributed by atoms with van der Waals surface area (Å²) in [5.74, 6) is 0.274. The van der Waals surface area contributed by atoms with Gasteiger partial charge < -0.3 is 4.57 Å². The van der Waals surface area contributed by atoms with E-state index in [0.29, 0.717) is 17.1 Å². The van der Waals surface area contributed by atoms with Crippen LogP contribution < -0.4 is 4.72 Å². The summed E-state index contributed by atoms with van der Waals surface area (Å²) in [6, 6.07) is 6.86. The fourth-order valence-corrected chi connectivity index (χ4v) is 4.60. The van der Waals surface area contributed by atoms with Crippen molar-refractivity contribution >= 4 is 44.3 Å². The highest BCUT2D eigenvalue weighted by atomic mass is 35.5. The van der Waals surface area contributed by atoms with Crippen molar-refractivity contribution in [2.24, 2.45) is 0 Å². The van der Waals surface area contributed by atoms with E-state index >= 15 is 0 Å². The Bertz CT molecular complexity index is 1160. The third-order valence-corrected chi connectivity index (χ3v) is 6.45. The number of nitrogens with zero attached hydrogens (tertiary/aromatic N) is 2. The third-order valence-electron chi connectivity index (χ3n) is 4.33. The van der Waals surface area contributed by atoms with Gasteiger partial charge in [0.05, 0.1) is 32.6 Å². The number of nitrogens with one attached hydrogen (secondary N) is 1. The topological polar surface area (TPSA) is 64.0 Å². The molecular formula is C18H16Cl2F3N3O2S. The maximum absolute atomic E-state index is 13.1. The zero-order valence-electron chi connectivity index (χ0n) is 15.3. The molecule has 1 heterocycles. The normalized spacial score (nSPS) is 13.8. The predicted octanol–water partition coefficient (Wildman–Crippen LogP) is 5.42. The summed E-state index contributed by atoms with van der Waals surface area (Å²) >= 11 is 11.6. The number of imidazole rings is 1. The summed E-state index contributed by atoms with van der Waals surface area (Å²) in [4.78, 5) is 4.26. The lowest BCUT2D eigenvalue weighted by Crippen LogP contribution is -2.28. The molecule has 0 radical (unpaired) electrons. The Balaban J connectivity index is 2.03. The van der Waals surface area contributed by atoms with Crippen LogP contribution in [0, 0.1) is 0 Å². The first kappa shape index (κ1) is 21.9. The summed E-state index contributed by atoms with van der Waals surface area (Å²) in [7, 11) is -3.89. The van der Waals surface area contributed by atoms with Crippen molar-refractivity contribution in [2.45, 2.75) is 37.5 Å². The maximum atomic E-state index is 13.1. The second-order valence-electron chi connectivity index (χ2n) is 6.33. The molecule has 1 aromatic heterocycles. The van der Waals surface area contributed by atoms with Crippen molar-refractivity contribution in [1.82, 2.24) is 14.3 Å². The van der Waals surface area contributed by atoms with Crippen molar-refractivity contribution in [1.29, 1.82) is 0 Å². The minimum absolute atomic E-state index is 0.00955. The Morgan fingerprint density at radius 3 is 2.34 bits per heavy atom. The Labute approximate surface area is 175 Å². The Kier molecular flexibility index (Phi) is 5.88. The monoisotopic (exact) mass is 465 g/mol. The van der Waals surface area contributed by atoms with Crippen LogP contribution in [0.15, 0.2) is 41.3 Å². The first-order valence-electron chi connectivity index (χ1n) is 8.49. The number of hydrogen-bond donors (Lipinski definition) is 1. The molecule has 0 unspecified atom stereocenters. The minimum Gasteiger partial charge on any atom is -0.327 e. The van der Waals surface area contributed by atoms with Crippen LogP contribution in [0.3, 0.4) is 0 Å². The lowest BCUT2D eigenvalue weighted by molar-refractivity contribution is -0.137. The molecule has 5 nitrogen and oxygen atoms in total. The van der Waals surface area contributed by atoms with Crippen molar-refractivity contribution in [3.8, 4) is 0 Å². The molecule has 0 bridgehead atoms. The predicted molar refractivity (Wildman–Crippen MR) is 106 cm³/mol. The van der Waals surface area contributed by atoms with Gasteiger partial charge in [0.1, 0.15) is 5.82 Å². The van der Waals surface area contributed by atoms with Gasteiger partial charge in [-0.1, -0.05) is 23.2 Å². The van der Waals surface area contributed by atoms with Gasteiger partial charge in [0.15, 0.2) is 0 Å². The molecule has 1 N–H and O–H groups in total. The lowest BCUT2D eigenvalue weighted by Gasteiger charge is -2.16. The van der Waals surface area contributed by atoms with Crippen LogP contribution in [-0.4, -0.2) is 18.0 Å². The second kappa shape index (κ2) is 7.79. The molecule has 11 heteroatoms. The Morgan fingerprint density at radius 1 is 1.17 bits per heavy atom. The van der Waals surface area contributed by atoms with Crippen molar-refractivity contribution in [3.63, 3.8) is 0 Å². The van der Waals surface area contributed by atoms with Gasteiger partial charge in [0.2, 0.25) is 10.0 Å². The number of aromatic nitrogens is 2. The average molecular weight is 466 g/mol. The standard InChI is InChI=1S/C18H16Cl2F3N3O2S/c1-3-26-16-9-14(20)13(18(21,22)23)8-15(16)24-17(26)10(2)25-29(27,28)12-6-4-11(19)5-7-12/h4-10,25H,3H2,1-2H3/t10-/m1/s1. The summed E-state index contributed by atoms with van der Waals surface area (Å²) in [6.07, 6.45) is -4.62. The van der Waals surface area contributed by atoms with Crippen LogP contribution in [-0.2, 0) is 22.7 Å². The quantitative estimate of drug-likeness (QED) is 0.546. The minimum atomic E-state index is -4.62. The highest BCUT2D eigenvalue weighted by Crippen LogP contribution is 2.37. The summed E-state index contributed by atoms with van der Waals surface area (Å²) in [5, 5.41) is -0.0531. The number of hydrogen-bond acceptors (Lipinski definition) is 3. The molecule has 0 aliphatic rings. The van der Waals surface area contributed by atoms with E-state index in [2.05, 4.69) is 9.71 Å².